The molecule has 0 saturated heterocycles. The van der Waals surface area contributed by atoms with E-state index in [1.165, 1.54) is 0 Å². The molecule has 1 unspecified atom stereocenters. The van der Waals surface area contributed by atoms with Crippen LogP contribution in [-0.2, 0) is 14.3 Å². The van der Waals surface area contributed by atoms with Gasteiger partial charge in [-0.1, -0.05) is 24.2 Å². The highest BCUT2D eigenvalue weighted by Crippen LogP contribution is 2.26. The topological polar surface area (TPSA) is 99.9 Å². The van der Waals surface area contributed by atoms with Crippen LogP contribution < -0.4 is 14.8 Å². The van der Waals surface area contributed by atoms with Crippen molar-refractivity contribution in [1.29, 1.82) is 0 Å². The highest BCUT2D eigenvalue weighted by Gasteiger charge is 2.22. The number of hydrogen-bond donors (Lipinski definition) is 1. The van der Waals surface area contributed by atoms with Crippen molar-refractivity contribution in [3.8, 4) is 11.5 Å². The van der Waals surface area contributed by atoms with Crippen LogP contribution in [0.4, 0.5) is 5.82 Å². The van der Waals surface area contributed by atoms with Gasteiger partial charge in [-0.15, -0.1) is 0 Å². The summed E-state index contributed by atoms with van der Waals surface area (Å²) in [4.78, 5) is 24.2. The van der Waals surface area contributed by atoms with Gasteiger partial charge in [0.15, 0.2) is 30.0 Å². The molecule has 1 atom stereocenters. The van der Waals surface area contributed by atoms with Gasteiger partial charge >= 0.3 is 5.97 Å². The molecule has 0 aliphatic heterocycles. The maximum absolute atomic E-state index is 12.2. The Labute approximate surface area is 151 Å². The van der Waals surface area contributed by atoms with Crippen LogP contribution in [0.25, 0.3) is 0 Å². The van der Waals surface area contributed by atoms with Gasteiger partial charge in [0.1, 0.15) is 5.76 Å². The highest BCUT2D eigenvalue weighted by molar-refractivity contribution is 5.94. The Hall–Kier alpha value is -3.03. The van der Waals surface area contributed by atoms with E-state index in [2.05, 4.69) is 10.5 Å². The van der Waals surface area contributed by atoms with Crippen LogP contribution >= 0.6 is 0 Å². The predicted octanol–water partition coefficient (Wildman–Crippen LogP) is 2.72. The Balaban J connectivity index is 1.87. The first-order valence-electron chi connectivity index (χ1n) is 8.31. The van der Waals surface area contributed by atoms with Crippen LogP contribution in [0.2, 0.25) is 0 Å². The van der Waals surface area contributed by atoms with E-state index in [0.717, 1.165) is 0 Å². The smallest absolute Gasteiger partial charge is 0.344 e. The molecular formula is C18H22N2O6. The van der Waals surface area contributed by atoms with Crippen LogP contribution in [0.1, 0.15) is 26.0 Å². The second kappa shape index (κ2) is 9.45. The van der Waals surface area contributed by atoms with Crippen molar-refractivity contribution in [2.24, 2.45) is 0 Å². The second-order valence-electron chi connectivity index (χ2n) is 5.37. The summed E-state index contributed by atoms with van der Waals surface area (Å²) in [5, 5.41) is 6.21. The molecule has 1 aromatic carbocycles. The molecule has 0 fully saturated rings. The van der Waals surface area contributed by atoms with Crippen molar-refractivity contribution in [1.82, 2.24) is 5.16 Å². The summed E-state index contributed by atoms with van der Waals surface area (Å²) in [6.07, 6.45) is -0.644. The second-order valence-corrected chi connectivity index (χ2v) is 5.37. The van der Waals surface area contributed by atoms with E-state index in [0.29, 0.717) is 30.3 Å². The number of benzene rings is 1. The molecule has 0 radical (unpaired) electrons. The van der Waals surface area contributed by atoms with E-state index in [-0.39, 0.29) is 12.4 Å². The van der Waals surface area contributed by atoms with Gasteiger partial charge in [-0.25, -0.2) is 4.79 Å². The minimum atomic E-state index is -0.953. The number of nitrogens with one attached hydrogen (secondary N) is 1. The minimum Gasteiger partial charge on any atom is -0.490 e. The average molecular weight is 362 g/mol. The highest BCUT2D eigenvalue weighted by atomic mass is 16.6. The van der Waals surface area contributed by atoms with E-state index in [1.54, 1.807) is 44.2 Å². The number of carbonyl (C=O) groups is 2. The Kier molecular flexibility index (Phi) is 7.02. The standard InChI is InChI=1S/C18H22N2O6/c1-4-13(18(22)19-16-10-12(3)26-20-16)25-17(21)11-24-15-9-7-6-8-14(15)23-5-2/h6-10,13H,4-5,11H2,1-3H3,(H,19,20,22). The molecule has 8 heteroatoms. The van der Waals surface area contributed by atoms with Crippen molar-refractivity contribution < 1.29 is 28.3 Å². The Morgan fingerprint density at radius 1 is 1.19 bits per heavy atom. The van der Waals surface area contributed by atoms with Crippen molar-refractivity contribution in [2.75, 3.05) is 18.5 Å². The SMILES string of the molecule is CCOc1ccccc1OCC(=O)OC(CC)C(=O)Nc1cc(C)on1. The molecule has 1 amide bonds. The molecule has 0 bridgehead atoms. The molecule has 8 nitrogen and oxygen atoms in total. The lowest BCUT2D eigenvalue weighted by Gasteiger charge is -2.16. The molecule has 2 aromatic rings. The third kappa shape index (κ3) is 5.51. The van der Waals surface area contributed by atoms with E-state index in [9.17, 15) is 9.59 Å². The minimum absolute atomic E-state index is 0.267. The number of amides is 1. The zero-order chi connectivity index (χ0) is 18.9. The quantitative estimate of drug-likeness (QED) is 0.685. The molecule has 0 aliphatic carbocycles. The lowest BCUT2D eigenvalue weighted by Crippen LogP contribution is -2.33. The van der Waals surface area contributed by atoms with Gasteiger partial charge in [0.25, 0.3) is 5.91 Å². The zero-order valence-corrected chi connectivity index (χ0v) is 15.0. The monoisotopic (exact) mass is 362 g/mol. The summed E-state index contributed by atoms with van der Waals surface area (Å²) in [7, 11) is 0. The van der Waals surface area contributed by atoms with Gasteiger partial charge in [-0.3, -0.25) is 4.79 Å². The van der Waals surface area contributed by atoms with Gasteiger partial charge in [-0.2, -0.15) is 0 Å². The molecule has 1 N–H and O–H groups in total. The average Bonchev–Trinajstić information content (AvgIpc) is 3.03. The third-order valence-corrected chi connectivity index (χ3v) is 3.31. The zero-order valence-electron chi connectivity index (χ0n) is 15.0. The van der Waals surface area contributed by atoms with Gasteiger partial charge in [0, 0.05) is 6.07 Å². The van der Waals surface area contributed by atoms with Crippen molar-refractivity contribution in [3.63, 3.8) is 0 Å². The molecule has 1 aromatic heterocycles. The third-order valence-electron chi connectivity index (χ3n) is 3.31. The fourth-order valence-electron chi connectivity index (χ4n) is 2.13. The van der Waals surface area contributed by atoms with E-state index >= 15 is 0 Å². The largest absolute Gasteiger partial charge is 0.490 e. The van der Waals surface area contributed by atoms with E-state index in [4.69, 9.17) is 18.7 Å². The first kappa shape index (κ1) is 19.3. The van der Waals surface area contributed by atoms with Crippen LogP contribution in [0.15, 0.2) is 34.9 Å². The first-order valence-corrected chi connectivity index (χ1v) is 8.31. The number of hydrogen-bond acceptors (Lipinski definition) is 7. The Morgan fingerprint density at radius 2 is 1.88 bits per heavy atom. The van der Waals surface area contributed by atoms with Crippen molar-refractivity contribution in [2.45, 2.75) is 33.3 Å². The Bertz CT molecular complexity index is 743. The number of aryl methyl sites for hydroxylation is 1. The number of rotatable bonds is 9. The molecule has 0 aliphatic rings. The summed E-state index contributed by atoms with van der Waals surface area (Å²) >= 11 is 0. The number of esters is 1. The number of carbonyl (C=O) groups excluding carboxylic acids is 2. The summed E-state index contributed by atoms with van der Waals surface area (Å²) in [6, 6.07) is 8.58. The molecule has 0 saturated carbocycles. The molecule has 0 spiro atoms. The van der Waals surface area contributed by atoms with E-state index in [1.807, 2.05) is 6.92 Å². The first-order chi connectivity index (χ1) is 12.5. The van der Waals surface area contributed by atoms with Gasteiger partial charge in [0.05, 0.1) is 6.61 Å². The number of nitrogens with zero attached hydrogens (tertiary/aromatic N) is 1. The fourth-order valence-corrected chi connectivity index (χ4v) is 2.13. The Morgan fingerprint density at radius 3 is 2.46 bits per heavy atom. The summed E-state index contributed by atoms with van der Waals surface area (Å²) < 4.78 is 20.9. The molecule has 2 rings (SSSR count). The number of anilines is 1. The molecule has 26 heavy (non-hydrogen) atoms. The van der Waals surface area contributed by atoms with Crippen LogP contribution in [0.5, 0.6) is 11.5 Å². The normalized spacial score (nSPS) is 11.5. The number of para-hydroxylation sites is 2. The van der Waals surface area contributed by atoms with Gasteiger partial charge < -0.3 is 24.1 Å². The molecule has 140 valence electrons. The maximum atomic E-state index is 12.2. The number of ether oxygens (including phenoxy) is 3. The fraction of sp³-hybridized carbons (Fsp3) is 0.389. The van der Waals surface area contributed by atoms with Crippen molar-refractivity contribution in [3.05, 3.63) is 36.1 Å². The lowest BCUT2D eigenvalue weighted by molar-refractivity contribution is -0.156. The molecule has 1 heterocycles. The lowest BCUT2D eigenvalue weighted by atomic mass is 10.2. The van der Waals surface area contributed by atoms with Crippen LogP contribution in [0, 0.1) is 6.92 Å². The number of aromatic nitrogens is 1. The maximum Gasteiger partial charge on any atom is 0.344 e. The van der Waals surface area contributed by atoms with Crippen LogP contribution in [-0.4, -0.2) is 36.4 Å². The van der Waals surface area contributed by atoms with Crippen LogP contribution in [0.3, 0.4) is 0 Å². The summed E-state index contributed by atoms with van der Waals surface area (Å²) in [5.74, 6) is 0.657. The van der Waals surface area contributed by atoms with Crippen molar-refractivity contribution >= 4 is 17.7 Å². The van der Waals surface area contributed by atoms with E-state index < -0.39 is 18.0 Å². The molecular weight excluding hydrogens is 340 g/mol. The summed E-state index contributed by atoms with van der Waals surface area (Å²) in [6.45, 7) is 5.43. The summed E-state index contributed by atoms with van der Waals surface area (Å²) in [5.41, 5.74) is 0. The van der Waals surface area contributed by atoms with Gasteiger partial charge in [0.2, 0.25) is 0 Å². The predicted molar refractivity (Wildman–Crippen MR) is 93.1 cm³/mol. The van der Waals surface area contributed by atoms with Gasteiger partial charge in [-0.05, 0) is 32.4 Å².